The Morgan fingerprint density at radius 2 is 2.00 bits per heavy atom. The molecule has 0 aliphatic heterocycles. The van der Waals surface area contributed by atoms with Crippen molar-refractivity contribution >= 4 is 16.5 Å². The molecule has 1 aromatic heterocycles. The molecule has 0 saturated heterocycles. The van der Waals surface area contributed by atoms with Crippen LogP contribution in [0, 0.1) is 0 Å². The number of rotatable bonds is 7. The maximum atomic E-state index is 9.30. The molecular formula is C16H23N3OS. The minimum absolute atomic E-state index is 0.259. The molecule has 0 radical (unpaired) electrons. The van der Waals surface area contributed by atoms with Gasteiger partial charge in [0.05, 0.1) is 11.8 Å². The predicted molar refractivity (Wildman–Crippen MR) is 89.9 cm³/mol. The van der Waals surface area contributed by atoms with Crippen molar-refractivity contribution in [1.29, 1.82) is 0 Å². The average molecular weight is 305 g/mol. The van der Waals surface area contributed by atoms with E-state index in [1.54, 1.807) is 11.3 Å². The normalized spacial score (nSPS) is 12.4. The van der Waals surface area contributed by atoms with E-state index in [9.17, 15) is 5.11 Å². The second-order valence-electron chi connectivity index (χ2n) is 5.34. The van der Waals surface area contributed by atoms with Crippen LogP contribution in [0.5, 0.6) is 0 Å². The third kappa shape index (κ3) is 4.52. The summed E-state index contributed by atoms with van der Waals surface area (Å²) >= 11 is 1.71. The summed E-state index contributed by atoms with van der Waals surface area (Å²) in [5.41, 5.74) is 2.20. The number of hydrogen-bond acceptors (Lipinski definition) is 5. The lowest BCUT2D eigenvalue weighted by Gasteiger charge is -2.06. The molecule has 1 aromatic carbocycles. The Morgan fingerprint density at radius 1 is 1.29 bits per heavy atom. The third-order valence-corrected chi connectivity index (χ3v) is 4.36. The highest BCUT2D eigenvalue weighted by Gasteiger charge is 2.13. The molecule has 1 atom stereocenters. The Balaban J connectivity index is 2.15. The van der Waals surface area contributed by atoms with Gasteiger partial charge in [0.15, 0.2) is 5.13 Å². The van der Waals surface area contributed by atoms with Gasteiger partial charge in [0.1, 0.15) is 0 Å². The topological polar surface area (TPSA) is 48.4 Å². The first-order valence-corrected chi connectivity index (χ1v) is 8.01. The van der Waals surface area contributed by atoms with Crippen LogP contribution in [0.25, 0.3) is 11.3 Å². The van der Waals surface area contributed by atoms with Crippen molar-refractivity contribution in [3.63, 3.8) is 0 Å². The van der Waals surface area contributed by atoms with Gasteiger partial charge in [-0.05, 0) is 19.9 Å². The van der Waals surface area contributed by atoms with Gasteiger partial charge >= 0.3 is 0 Å². The lowest BCUT2D eigenvalue weighted by molar-refractivity contribution is 0.183. The summed E-state index contributed by atoms with van der Waals surface area (Å²) in [4.78, 5) is 8.02. The van der Waals surface area contributed by atoms with Crippen molar-refractivity contribution in [3.8, 4) is 11.3 Å². The molecule has 0 saturated carbocycles. The van der Waals surface area contributed by atoms with Crippen LogP contribution in [-0.4, -0.2) is 36.8 Å². The Labute approximate surface area is 130 Å². The van der Waals surface area contributed by atoms with Crippen molar-refractivity contribution in [1.82, 2.24) is 10.3 Å². The highest BCUT2D eigenvalue weighted by molar-refractivity contribution is 7.16. The summed E-state index contributed by atoms with van der Waals surface area (Å²) in [6.45, 7) is 3.40. The number of nitrogens with zero attached hydrogens (tertiary/aromatic N) is 2. The quantitative estimate of drug-likeness (QED) is 0.772. The average Bonchev–Trinajstić information content (AvgIpc) is 2.89. The molecule has 0 aliphatic carbocycles. The second kappa shape index (κ2) is 7.54. The van der Waals surface area contributed by atoms with Crippen LogP contribution in [-0.2, 0) is 6.54 Å². The summed E-state index contributed by atoms with van der Waals surface area (Å²) in [6.07, 6.45) is 0.505. The molecule has 1 heterocycles. The van der Waals surface area contributed by atoms with Crippen LogP contribution >= 0.6 is 11.3 Å². The molecule has 5 heteroatoms. The Hall–Kier alpha value is -1.43. The van der Waals surface area contributed by atoms with Crippen molar-refractivity contribution < 1.29 is 5.11 Å². The number of benzene rings is 1. The van der Waals surface area contributed by atoms with Gasteiger partial charge in [-0.2, -0.15) is 0 Å². The second-order valence-corrected chi connectivity index (χ2v) is 6.41. The van der Waals surface area contributed by atoms with Gasteiger partial charge in [0.2, 0.25) is 0 Å². The number of nitrogens with one attached hydrogen (secondary N) is 1. The maximum absolute atomic E-state index is 9.30. The largest absolute Gasteiger partial charge is 0.393 e. The first kappa shape index (κ1) is 15.9. The van der Waals surface area contributed by atoms with Crippen molar-refractivity contribution in [2.45, 2.75) is 26.0 Å². The van der Waals surface area contributed by atoms with E-state index >= 15 is 0 Å². The fraction of sp³-hybridized carbons (Fsp3) is 0.438. The van der Waals surface area contributed by atoms with Crippen LogP contribution in [0.2, 0.25) is 0 Å². The van der Waals surface area contributed by atoms with E-state index in [-0.39, 0.29) is 6.10 Å². The Morgan fingerprint density at radius 3 is 2.62 bits per heavy atom. The van der Waals surface area contributed by atoms with E-state index in [1.165, 1.54) is 4.88 Å². The summed E-state index contributed by atoms with van der Waals surface area (Å²) < 4.78 is 0. The van der Waals surface area contributed by atoms with E-state index in [1.807, 2.05) is 44.1 Å². The molecule has 0 spiro atoms. The van der Waals surface area contributed by atoms with Crippen molar-refractivity contribution in [3.05, 3.63) is 35.2 Å². The van der Waals surface area contributed by atoms with Crippen LogP contribution < -0.4 is 10.2 Å². The molecule has 1 unspecified atom stereocenters. The molecular weight excluding hydrogens is 282 g/mol. The van der Waals surface area contributed by atoms with Crippen molar-refractivity contribution in [2.75, 3.05) is 25.5 Å². The lowest BCUT2D eigenvalue weighted by Crippen LogP contribution is -2.18. The summed E-state index contributed by atoms with van der Waals surface area (Å²) in [5, 5.41) is 13.7. The number of aliphatic hydroxyl groups is 1. The number of anilines is 1. The fourth-order valence-corrected chi connectivity index (χ4v) is 2.96. The zero-order valence-electron chi connectivity index (χ0n) is 12.8. The van der Waals surface area contributed by atoms with Crippen molar-refractivity contribution in [2.24, 2.45) is 0 Å². The molecule has 21 heavy (non-hydrogen) atoms. The third-order valence-electron chi connectivity index (χ3n) is 3.14. The van der Waals surface area contributed by atoms with Crippen LogP contribution in [0.1, 0.15) is 18.2 Å². The van der Waals surface area contributed by atoms with Crippen LogP contribution in [0.3, 0.4) is 0 Å². The minimum Gasteiger partial charge on any atom is -0.393 e. The van der Waals surface area contributed by atoms with E-state index in [0.29, 0.717) is 0 Å². The standard InChI is InChI=1S/C16H23N3OS/c1-12(20)9-10-17-11-14-15(13-7-5-4-6-8-13)18-16(21-14)19(2)3/h4-8,12,17,20H,9-11H2,1-3H3. The molecule has 2 N–H and O–H groups in total. The number of aliphatic hydroxyl groups excluding tert-OH is 1. The number of thiazole rings is 1. The van der Waals surface area contributed by atoms with E-state index in [0.717, 1.165) is 35.9 Å². The monoisotopic (exact) mass is 305 g/mol. The molecule has 0 amide bonds. The number of aromatic nitrogens is 1. The van der Waals surface area contributed by atoms with Crippen LogP contribution in [0.15, 0.2) is 30.3 Å². The summed E-state index contributed by atoms with van der Waals surface area (Å²) in [6, 6.07) is 10.3. The molecule has 2 rings (SSSR count). The SMILES string of the molecule is CC(O)CCNCc1sc(N(C)C)nc1-c1ccccc1. The van der Waals surface area contributed by atoms with E-state index in [4.69, 9.17) is 4.98 Å². The molecule has 0 bridgehead atoms. The highest BCUT2D eigenvalue weighted by atomic mass is 32.1. The molecule has 4 nitrogen and oxygen atoms in total. The Kier molecular flexibility index (Phi) is 5.73. The van der Waals surface area contributed by atoms with Gasteiger partial charge < -0.3 is 15.3 Å². The lowest BCUT2D eigenvalue weighted by atomic mass is 10.1. The molecule has 0 aliphatic rings. The zero-order chi connectivity index (χ0) is 15.2. The molecule has 0 fully saturated rings. The first-order chi connectivity index (χ1) is 10.1. The van der Waals surface area contributed by atoms with Crippen LogP contribution in [0.4, 0.5) is 5.13 Å². The highest BCUT2D eigenvalue weighted by Crippen LogP contribution is 2.32. The first-order valence-electron chi connectivity index (χ1n) is 7.19. The predicted octanol–water partition coefficient (Wildman–Crippen LogP) is 2.74. The minimum atomic E-state index is -0.259. The van der Waals surface area contributed by atoms with Gasteiger partial charge in [0, 0.05) is 31.1 Å². The molecule has 114 valence electrons. The Bertz CT molecular complexity index is 552. The summed E-state index contributed by atoms with van der Waals surface area (Å²) in [5.74, 6) is 0. The smallest absolute Gasteiger partial charge is 0.185 e. The van der Waals surface area contributed by atoms with Gasteiger partial charge in [-0.3, -0.25) is 0 Å². The van der Waals surface area contributed by atoms with E-state index in [2.05, 4.69) is 17.4 Å². The van der Waals surface area contributed by atoms with Gasteiger partial charge in [0.25, 0.3) is 0 Å². The van der Waals surface area contributed by atoms with Gasteiger partial charge in [-0.25, -0.2) is 4.98 Å². The zero-order valence-corrected chi connectivity index (χ0v) is 13.7. The number of hydrogen-bond donors (Lipinski definition) is 2. The van der Waals surface area contributed by atoms with Gasteiger partial charge in [-0.1, -0.05) is 41.7 Å². The molecule has 2 aromatic rings. The fourth-order valence-electron chi connectivity index (χ4n) is 1.98. The maximum Gasteiger partial charge on any atom is 0.185 e. The van der Waals surface area contributed by atoms with E-state index < -0.39 is 0 Å². The van der Waals surface area contributed by atoms with Gasteiger partial charge in [-0.15, -0.1) is 0 Å². The summed E-state index contributed by atoms with van der Waals surface area (Å²) in [7, 11) is 4.02.